The maximum atomic E-state index is 12.1. The zero-order chi connectivity index (χ0) is 9.19. The van der Waals surface area contributed by atoms with Crippen LogP contribution in [0, 0.1) is 0 Å². The van der Waals surface area contributed by atoms with Crippen molar-refractivity contribution in [1.82, 2.24) is 4.98 Å². The Balaban J connectivity index is 2.85. The molecule has 0 atom stereocenters. The molecule has 0 N–H and O–H groups in total. The molecule has 6 heteroatoms. The van der Waals surface area contributed by atoms with Crippen molar-refractivity contribution < 1.29 is 12.3 Å². The van der Waals surface area contributed by atoms with Gasteiger partial charge >= 0.3 is 10.2 Å². The number of pyridine rings is 1. The lowest BCUT2D eigenvalue weighted by molar-refractivity contribution is 0.551. The summed E-state index contributed by atoms with van der Waals surface area (Å²) in [6.45, 7) is 0. The van der Waals surface area contributed by atoms with Gasteiger partial charge in [0.1, 0.15) is 10.4 Å². The van der Waals surface area contributed by atoms with E-state index in [1.807, 2.05) is 0 Å². The Hall–Kier alpha value is -0.490. The Morgan fingerprint density at radius 3 is 2.58 bits per heavy atom. The van der Waals surface area contributed by atoms with Crippen LogP contribution in [0.3, 0.4) is 0 Å². The van der Waals surface area contributed by atoms with Gasteiger partial charge in [-0.05, 0) is 27.6 Å². The summed E-state index contributed by atoms with van der Waals surface area (Å²) in [5.74, 6) is -0.618. The van der Waals surface area contributed by atoms with Gasteiger partial charge in [0.25, 0.3) is 0 Å². The third-order valence-electron chi connectivity index (χ3n) is 1.13. The summed E-state index contributed by atoms with van der Waals surface area (Å²) >= 11 is 3.07. The molecule has 12 heavy (non-hydrogen) atoms. The SMILES string of the molecule is O=S(=O)(F)Cc1ccc(Br)nc1. The van der Waals surface area contributed by atoms with Crippen LogP contribution >= 0.6 is 15.9 Å². The number of nitrogens with zero attached hydrogens (tertiary/aromatic N) is 1. The van der Waals surface area contributed by atoms with Gasteiger partial charge < -0.3 is 0 Å². The van der Waals surface area contributed by atoms with E-state index in [1.54, 1.807) is 6.07 Å². The fourth-order valence-electron chi connectivity index (χ4n) is 0.691. The Labute approximate surface area is 78.0 Å². The fourth-order valence-corrected chi connectivity index (χ4v) is 1.49. The molecule has 0 saturated heterocycles. The second-order valence-corrected chi connectivity index (χ2v) is 4.35. The first-order chi connectivity index (χ1) is 5.47. The summed E-state index contributed by atoms with van der Waals surface area (Å²) in [5, 5.41) is 0. The van der Waals surface area contributed by atoms with Gasteiger partial charge in [0.05, 0.1) is 0 Å². The summed E-state index contributed by atoms with van der Waals surface area (Å²) in [7, 11) is -4.45. The van der Waals surface area contributed by atoms with Crippen LogP contribution in [0.4, 0.5) is 3.89 Å². The zero-order valence-corrected chi connectivity index (χ0v) is 8.27. The van der Waals surface area contributed by atoms with E-state index in [-0.39, 0.29) is 0 Å². The van der Waals surface area contributed by atoms with E-state index in [0.29, 0.717) is 10.2 Å². The predicted molar refractivity (Wildman–Crippen MR) is 45.7 cm³/mol. The molecule has 0 amide bonds. The Kier molecular flexibility index (Phi) is 2.79. The van der Waals surface area contributed by atoms with E-state index in [1.165, 1.54) is 12.3 Å². The van der Waals surface area contributed by atoms with Gasteiger partial charge in [0.15, 0.2) is 0 Å². The van der Waals surface area contributed by atoms with E-state index in [0.717, 1.165) is 0 Å². The highest BCUT2D eigenvalue weighted by Gasteiger charge is 2.08. The lowest BCUT2D eigenvalue weighted by atomic mass is 10.3. The van der Waals surface area contributed by atoms with Gasteiger partial charge in [-0.1, -0.05) is 6.07 Å². The minimum absolute atomic E-state index is 0.334. The number of hydrogen-bond donors (Lipinski definition) is 0. The minimum Gasteiger partial charge on any atom is -0.249 e. The normalized spacial score (nSPS) is 11.5. The highest BCUT2D eigenvalue weighted by Crippen LogP contribution is 2.09. The molecule has 1 aromatic heterocycles. The van der Waals surface area contributed by atoms with E-state index in [4.69, 9.17) is 0 Å². The van der Waals surface area contributed by atoms with Crippen LogP contribution in [0.15, 0.2) is 22.9 Å². The molecule has 1 rings (SSSR count). The molecule has 0 fully saturated rings. The maximum Gasteiger partial charge on any atom is 0.306 e. The van der Waals surface area contributed by atoms with Gasteiger partial charge in [0.2, 0.25) is 0 Å². The molecular formula is C6H5BrFNO2S. The summed E-state index contributed by atoms with van der Waals surface area (Å²) in [6.07, 6.45) is 1.31. The molecule has 0 aliphatic heterocycles. The van der Waals surface area contributed by atoms with Crippen molar-refractivity contribution in [2.75, 3.05) is 0 Å². The lowest BCUT2D eigenvalue weighted by Gasteiger charge is -1.95. The van der Waals surface area contributed by atoms with Crippen LogP contribution in [-0.2, 0) is 16.0 Å². The molecule has 0 spiro atoms. The van der Waals surface area contributed by atoms with E-state index < -0.39 is 16.0 Å². The molecule has 0 radical (unpaired) electrons. The van der Waals surface area contributed by atoms with Gasteiger partial charge in [-0.2, -0.15) is 8.42 Å². The standard InChI is InChI=1S/C6H5BrFNO2S/c7-6-2-1-5(3-9-6)4-12(8,10)11/h1-3H,4H2. The monoisotopic (exact) mass is 253 g/mol. The topological polar surface area (TPSA) is 47.0 Å². The largest absolute Gasteiger partial charge is 0.306 e. The first-order valence-electron chi connectivity index (χ1n) is 3.00. The molecular weight excluding hydrogens is 249 g/mol. The van der Waals surface area contributed by atoms with Gasteiger partial charge in [-0.3, -0.25) is 0 Å². The smallest absolute Gasteiger partial charge is 0.249 e. The zero-order valence-electron chi connectivity index (χ0n) is 5.87. The molecule has 0 unspecified atom stereocenters. The summed E-state index contributed by atoms with van der Waals surface area (Å²) in [4.78, 5) is 3.75. The molecule has 0 aliphatic carbocycles. The molecule has 1 aromatic rings. The maximum absolute atomic E-state index is 12.1. The van der Waals surface area contributed by atoms with Gasteiger partial charge in [0, 0.05) is 6.20 Å². The minimum atomic E-state index is -4.45. The van der Waals surface area contributed by atoms with E-state index >= 15 is 0 Å². The van der Waals surface area contributed by atoms with Crippen molar-refractivity contribution >= 4 is 26.2 Å². The average Bonchev–Trinajstić information content (AvgIpc) is 1.91. The second-order valence-electron chi connectivity index (χ2n) is 2.17. The Morgan fingerprint density at radius 2 is 2.17 bits per heavy atom. The van der Waals surface area contributed by atoms with Crippen LogP contribution in [0.25, 0.3) is 0 Å². The highest BCUT2D eigenvalue weighted by molar-refractivity contribution is 9.10. The van der Waals surface area contributed by atoms with Crippen molar-refractivity contribution in [3.63, 3.8) is 0 Å². The quantitative estimate of drug-likeness (QED) is 0.595. The van der Waals surface area contributed by atoms with Crippen molar-refractivity contribution in [1.29, 1.82) is 0 Å². The molecule has 3 nitrogen and oxygen atoms in total. The van der Waals surface area contributed by atoms with Crippen LogP contribution in [0.2, 0.25) is 0 Å². The molecule has 0 saturated carbocycles. The number of rotatable bonds is 2. The van der Waals surface area contributed by atoms with Crippen molar-refractivity contribution in [3.8, 4) is 0 Å². The summed E-state index contributed by atoms with van der Waals surface area (Å²) in [6, 6.07) is 3.05. The number of halogens is 2. The molecule has 1 heterocycles. The van der Waals surface area contributed by atoms with Crippen LogP contribution in [0.5, 0.6) is 0 Å². The van der Waals surface area contributed by atoms with Crippen molar-refractivity contribution in [3.05, 3.63) is 28.5 Å². The Morgan fingerprint density at radius 1 is 1.50 bits per heavy atom. The third-order valence-corrected chi connectivity index (χ3v) is 2.27. The predicted octanol–water partition coefficient (Wildman–Crippen LogP) is 1.64. The Bertz CT molecular complexity index is 362. The lowest BCUT2D eigenvalue weighted by Crippen LogP contribution is -1.96. The number of hydrogen-bond acceptors (Lipinski definition) is 3. The van der Waals surface area contributed by atoms with Crippen molar-refractivity contribution in [2.45, 2.75) is 5.75 Å². The van der Waals surface area contributed by atoms with Gasteiger partial charge in [-0.25, -0.2) is 4.98 Å². The molecule has 66 valence electrons. The summed E-state index contributed by atoms with van der Waals surface area (Å²) < 4.78 is 33.1. The van der Waals surface area contributed by atoms with Crippen LogP contribution in [0.1, 0.15) is 5.56 Å². The first-order valence-corrected chi connectivity index (χ1v) is 5.35. The molecule has 0 aromatic carbocycles. The average molecular weight is 254 g/mol. The molecule has 0 bridgehead atoms. The summed E-state index contributed by atoms with van der Waals surface area (Å²) in [5.41, 5.74) is 0.334. The fraction of sp³-hybridized carbons (Fsp3) is 0.167. The highest BCUT2D eigenvalue weighted by atomic mass is 79.9. The third kappa shape index (κ3) is 3.27. The van der Waals surface area contributed by atoms with E-state index in [9.17, 15) is 12.3 Å². The van der Waals surface area contributed by atoms with Gasteiger partial charge in [-0.15, -0.1) is 3.89 Å². The van der Waals surface area contributed by atoms with Crippen LogP contribution < -0.4 is 0 Å². The second kappa shape index (κ2) is 3.49. The number of aromatic nitrogens is 1. The van der Waals surface area contributed by atoms with Crippen LogP contribution in [-0.4, -0.2) is 13.4 Å². The first kappa shape index (κ1) is 9.60. The van der Waals surface area contributed by atoms with E-state index in [2.05, 4.69) is 20.9 Å². The van der Waals surface area contributed by atoms with Crippen molar-refractivity contribution in [2.24, 2.45) is 0 Å². The molecule has 0 aliphatic rings.